The fourth-order valence-electron chi connectivity index (χ4n) is 2.03. The molecule has 1 aliphatic carbocycles. The second-order valence-corrected chi connectivity index (χ2v) is 5.27. The van der Waals surface area contributed by atoms with Crippen molar-refractivity contribution in [2.45, 2.75) is 12.8 Å². The summed E-state index contributed by atoms with van der Waals surface area (Å²) in [6, 6.07) is 6.59. The van der Waals surface area contributed by atoms with Gasteiger partial charge in [0.15, 0.2) is 0 Å². The maximum atomic E-state index is 3.86. The molecule has 0 nitrogen and oxygen atoms in total. The molecule has 1 aliphatic rings. The molecule has 0 N–H and O–H groups in total. The molecule has 0 saturated heterocycles. The summed E-state index contributed by atoms with van der Waals surface area (Å²) in [5.74, 6) is 0.340. The minimum atomic E-state index is 0.340. The van der Waals surface area contributed by atoms with Crippen LogP contribution in [0.1, 0.15) is 24.0 Å². The number of fused-ring (bicyclic) bond motifs is 1. The van der Waals surface area contributed by atoms with Crippen molar-refractivity contribution in [1.82, 2.24) is 0 Å². The highest BCUT2D eigenvalue weighted by Gasteiger charge is 2.12. The van der Waals surface area contributed by atoms with Crippen LogP contribution < -0.4 is 0 Å². The summed E-state index contributed by atoms with van der Waals surface area (Å²) in [6.45, 7) is 5.92. The lowest BCUT2D eigenvalue weighted by Crippen LogP contribution is -1.95. The van der Waals surface area contributed by atoms with E-state index < -0.39 is 0 Å². The minimum Gasteiger partial charge on any atom is -0.0985 e. The van der Waals surface area contributed by atoms with Gasteiger partial charge in [0.2, 0.25) is 0 Å². The van der Waals surface area contributed by atoms with Crippen LogP contribution in [0.15, 0.2) is 60.7 Å². The maximum absolute atomic E-state index is 3.86. The predicted molar refractivity (Wildman–Crippen MR) is 84.0 cm³/mol. The van der Waals surface area contributed by atoms with Gasteiger partial charge in [0.1, 0.15) is 0 Å². The number of halogens is 1. The normalized spacial score (nSPS) is 18.7. The van der Waals surface area contributed by atoms with Crippen molar-refractivity contribution in [1.29, 1.82) is 0 Å². The van der Waals surface area contributed by atoms with Gasteiger partial charge in [-0.05, 0) is 58.3 Å². The fourth-order valence-corrected chi connectivity index (χ4v) is 2.54. The summed E-state index contributed by atoms with van der Waals surface area (Å²) < 4.78 is 1.28. The van der Waals surface area contributed by atoms with E-state index in [4.69, 9.17) is 0 Å². The van der Waals surface area contributed by atoms with Gasteiger partial charge < -0.3 is 0 Å². The SMILES string of the molecule is C=CC1=CC(/C=C\C)c2cc(I)ccc2C=C1. The molecular weight excluding hydrogens is 319 g/mol. The molecule has 86 valence electrons. The molecule has 1 aromatic rings. The molecule has 2 rings (SSSR count). The molecule has 0 bridgehead atoms. The van der Waals surface area contributed by atoms with Gasteiger partial charge in [-0.1, -0.05) is 49.1 Å². The first-order valence-electron chi connectivity index (χ1n) is 5.69. The first kappa shape index (κ1) is 12.4. The summed E-state index contributed by atoms with van der Waals surface area (Å²) in [7, 11) is 0. The lowest BCUT2D eigenvalue weighted by Gasteiger charge is -2.11. The summed E-state index contributed by atoms with van der Waals surface area (Å²) in [5, 5.41) is 0. The molecule has 0 aliphatic heterocycles. The zero-order valence-electron chi connectivity index (χ0n) is 9.86. The quantitative estimate of drug-likeness (QED) is 0.522. The predicted octanol–water partition coefficient (Wildman–Crippen LogP) is 5.09. The van der Waals surface area contributed by atoms with Gasteiger partial charge in [-0.15, -0.1) is 0 Å². The van der Waals surface area contributed by atoms with Crippen molar-refractivity contribution in [3.8, 4) is 0 Å². The molecule has 1 atom stereocenters. The lowest BCUT2D eigenvalue weighted by atomic mass is 9.94. The van der Waals surface area contributed by atoms with Crippen molar-refractivity contribution in [2.75, 3.05) is 0 Å². The van der Waals surface area contributed by atoms with Gasteiger partial charge in [0, 0.05) is 9.49 Å². The summed E-state index contributed by atoms with van der Waals surface area (Å²) >= 11 is 2.36. The highest BCUT2D eigenvalue weighted by atomic mass is 127. The number of benzene rings is 1. The molecule has 0 heterocycles. The Balaban J connectivity index is 2.58. The van der Waals surface area contributed by atoms with E-state index in [1.807, 2.05) is 6.08 Å². The van der Waals surface area contributed by atoms with Gasteiger partial charge in [0.25, 0.3) is 0 Å². The van der Waals surface area contributed by atoms with E-state index in [-0.39, 0.29) is 0 Å². The number of hydrogen-bond acceptors (Lipinski definition) is 0. The molecule has 17 heavy (non-hydrogen) atoms. The van der Waals surface area contributed by atoms with Crippen LogP contribution in [0.5, 0.6) is 0 Å². The van der Waals surface area contributed by atoms with E-state index in [1.54, 1.807) is 0 Å². The summed E-state index contributed by atoms with van der Waals surface area (Å²) in [4.78, 5) is 0. The van der Waals surface area contributed by atoms with Crippen LogP contribution in [0.25, 0.3) is 6.08 Å². The fraction of sp³-hybridized carbons (Fsp3) is 0.125. The Morgan fingerprint density at radius 3 is 2.82 bits per heavy atom. The second-order valence-electron chi connectivity index (χ2n) is 4.03. The van der Waals surface area contributed by atoms with E-state index in [0.717, 1.165) is 0 Å². The van der Waals surface area contributed by atoms with E-state index in [0.29, 0.717) is 5.92 Å². The zero-order valence-corrected chi connectivity index (χ0v) is 12.0. The van der Waals surface area contributed by atoms with Crippen LogP contribution in [-0.2, 0) is 0 Å². The van der Waals surface area contributed by atoms with E-state index in [2.05, 4.69) is 84.7 Å². The number of rotatable bonds is 2. The van der Waals surface area contributed by atoms with E-state index >= 15 is 0 Å². The van der Waals surface area contributed by atoms with Crippen molar-refractivity contribution in [3.63, 3.8) is 0 Å². The second kappa shape index (κ2) is 5.50. The Morgan fingerprint density at radius 2 is 2.12 bits per heavy atom. The van der Waals surface area contributed by atoms with Crippen LogP contribution in [0.3, 0.4) is 0 Å². The van der Waals surface area contributed by atoms with Crippen LogP contribution in [0, 0.1) is 3.57 Å². The third-order valence-electron chi connectivity index (χ3n) is 2.87. The Bertz CT molecular complexity index is 518. The van der Waals surface area contributed by atoms with Crippen molar-refractivity contribution >= 4 is 28.7 Å². The van der Waals surface area contributed by atoms with Gasteiger partial charge in [0.05, 0.1) is 0 Å². The molecule has 1 unspecified atom stereocenters. The number of allylic oxidation sites excluding steroid dienone is 6. The lowest BCUT2D eigenvalue weighted by molar-refractivity contribution is 1.07. The summed E-state index contributed by atoms with van der Waals surface area (Å²) in [5.41, 5.74) is 3.84. The third kappa shape index (κ3) is 2.78. The molecule has 1 heteroatoms. The molecule has 0 saturated carbocycles. The van der Waals surface area contributed by atoms with Gasteiger partial charge in [-0.2, -0.15) is 0 Å². The molecule has 0 amide bonds. The summed E-state index contributed by atoms with van der Waals surface area (Å²) in [6.07, 6.45) is 12.8. The molecule has 1 aromatic carbocycles. The first-order valence-corrected chi connectivity index (χ1v) is 6.77. The molecular formula is C16H15I. The Labute approximate surface area is 117 Å². The Kier molecular flexibility index (Phi) is 4.00. The Morgan fingerprint density at radius 1 is 1.29 bits per heavy atom. The van der Waals surface area contributed by atoms with Gasteiger partial charge >= 0.3 is 0 Å². The van der Waals surface area contributed by atoms with Crippen molar-refractivity contribution in [3.05, 3.63) is 75.4 Å². The van der Waals surface area contributed by atoms with E-state index in [9.17, 15) is 0 Å². The van der Waals surface area contributed by atoms with Crippen molar-refractivity contribution < 1.29 is 0 Å². The average Bonchev–Trinajstić information content (AvgIpc) is 2.50. The van der Waals surface area contributed by atoms with Gasteiger partial charge in [-0.3, -0.25) is 0 Å². The smallest absolute Gasteiger partial charge is 0.0213 e. The monoisotopic (exact) mass is 334 g/mol. The number of hydrogen-bond donors (Lipinski definition) is 0. The molecule has 0 fully saturated rings. The maximum Gasteiger partial charge on any atom is 0.0213 e. The molecule has 0 radical (unpaired) electrons. The van der Waals surface area contributed by atoms with Crippen LogP contribution in [0.4, 0.5) is 0 Å². The Hall–Kier alpha value is -1.09. The first-order chi connectivity index (χ1) is 8.24. The minimum absolute atomic E-state index is 0.340. The van der Waals surface area contributed by atoms with Crippen LogP contribution >= 0.6 is 22.6 Å². The topological polar surface area (TPSA) is 0 Å². The highest BCUT2D eigenvalue weighted by Crippen LogP contribution is 2.30. The van der Waals surface area contributed by atoms with E-state index in [1.165, 1.54) is 20.3 Å². The average molecular weight is 334 g/mol. The largest absolute Gasteiger partial charge is 0.0985 e. The van der Waals surface area contributed by atoms with Crippen LogP contribution in [0.2, 0.25) is 0 Å². The molecule has 0 aromatic heterocycles. The van der Waals surface area contributed by atoms with Crippen molar-refractivity contribution in [2.24, 2.45) is 0 Å². The van der Waals surface area contributed by atoms with Crippen LogP contribution in [-0.4, -0.2) is 0 Å². The molecule has 0 spiro atoms. The van der Waals surface area contributed by atoms with Gasteiger partial charge in [-0.25, -0.2) is 0 Å². The highest BCUT2D eigenvalue weighted by molar-refractivity contribution is 14.1. The third-order valence-corrected chi connectivity index (χ3v) is 3.54. The standard InChI is InChI=1S/C16H15I/c1-3-5-14-10-12(4-2)6-7-13-8-9-15(17)11-16(13)14/h3-11,14H,2H2,1H3/b5-3-. The zero-order chi connectivity index (χ0) is 12.3.